The number of methoxy groups -OCH3 is 1. The molecule has 0 saturated heterocycles. The van der Waals surface area contributed by atoms with Gasteiger partial charge in [-0.3, -0.25) is 0 Å². The summed E-state index contributed by atoms with van der Waals surface area (Å²) in [5.41, 5.74) is 3.37. The van der Waals surface area contributed by atoms with E-state index >= 15 is 0 Å². The number of para-hydroxylation sites is 1. The van der Waals surface area contributed by atoms with Crippen LogP contribution in [-0.4, -0.2) is 73.5 Å². The van der Waals surface area contributed by atoms with Gasteiger partial charge in [-0.05, 0) is 110 Å². The number of ether oxygens (including phenoxy) is 3. The highest BCUT2D eigenvalue weighted by atomic mass is 32.5. The highest BCUT2D eigenvalue weighted by Gasteiger charge is 2.21. The third-order valence-corrected chi connectivity index (χ3v) is 14.1. The maximum Gasteiger partial charge on any atom is 0.380 e. The molecule has 4 aromatic rings. The van der Waals surface area contributed by atoms with Crippen LogP contribution in [0, 0.1) is 0 Å². The molecule has 0 aromatic heterocycles. The Hall–Kier alpha value is -2.31. The Bertz CT molecular complexity index is 1740. The summed E-state index contributed by atoms with van der Waals surface area (Å²) in [4.78, 5) is 4.19. The lowest BCUT2D eigenvalue weighted by atomic mass is 10.0. The van der Waals surface area contributed by atoms with E-state index in [1.807, 2.05) is 80.8 Å². The van der Waals surface area contributed by atoms with Crippen LogP contribution in [0.25, 0.3) is 0 Å². The molecule has 2 atom stereocenters. The van der Waals surface area contributed by atoms with Crippen molar-refractivity contribution < 1.29 is 36.8 Å². The van der Waals surface area contributed by atoms with Crippen molar-refractivity contribution in [1.82, 2.24) is 4.90 Å². The molecule has 0 amide bonds. The van der Waals surface area contributed by atoms with Crippen molar-refractivity contribution >= 4 is 48.6 Å². The van der Waals surface area contributed by atoms with Crippen LogP contribution in [0.3, 0.4) is 0 Å². The van der Waals surface area contributed by atoms with Crippen molar-refractivity contribution in [1.29, 1.82) is 0 Å². The molecular formula is C37H47NO8P2S3. The second-order valence-electron chi connectivity index (χ2n) is 11.6. The van der Waals surface area contributed by atoms with Gasteiger partial charge in [-0.25, -0.2) is 0 Å². The molecule has 0 bridgehead atoms. The average Bonchev–Trinajstić information content (AvgIpc) is 3.14. The summed E-state index contributed by atoms with van der Waals surface area (Å²) in [7, 11) is 10.2. The van der Waals surface area contributed by atoms with E-state index in [9.17, 15) is 0 Å². The number of hydrogen-bond donors (Lipinski definition) is 0. The van der Waals surface area contributed by atoms with Crippen molar-refractivity contribution in [2.45, 2.75) is 34.9 Å². The molecule has 0 aliphatic carbocycles. The summed E-state index contributed by atoms with van der Waals surface area (Å²) in [5, 5.41) is 0. The van der Waals surface area contributed by atoms with Crippen LogP contribution < -0.4 is 14.0 Å². The second kappa shape index (κ2) is 20.8. The summed E-state index contributed by atoms with van der Waals surface area (Å²) in [6.07, 6.45) is 1.94. The molecule has 0 aliphatic heterocycles. The average molecular weight is 792 g/mol. The van der Waals surface area contributed by atoms with Crippen molar-refractivity contribution in [3.8, 4) is 17.2 Å². The minimum absolute atomic E-state index is 0.00145. The standard InChI is InChI=1S/C37H47NO8P2S3/c1-38(2)25-34(26-43-37-13-8-7-11-31(37)17-14-29-10-9-12-33(24-29)39-3)44-28-45-47(49,40-4)27-30-15-20-35(21-16-30)51-36-22-18-32(19-23-36)46-48(50,41-5)42-6/h7-13,15-16,18-24,34H,14,17,25-28H2,1-6H3/t34-,47?/m1/s1. The van der Waals surface area contributed by atoms with E-state index in [-0.39, 0.29) is 12.9 Å². The van der Waals surface area contributed by atoms with Gasteiger partial charge in [0.05, 0.1) is 7.11 Å². The lowest BCUT2D eigenvalue weighted by molar-refractivity contribution is -0.0608. The van der Waals surface area contributed by atoms with Gasteiger partial charge in [-0.15, -0.1) is 0 Å². The summed E-state index contributed by atoms with van der Waals surface area (Å²) >= 11 is 12.8. The smallest absolute Gasteiger partial charge is 0.380 e. The first-order valence-electron chi connectivity index (χ1n) is 16.2. The first kappa shape index (κ1) is 41.4. The zero-order chi connectivity index (χ0) is 36.7. The van der Waals surface area contributed by atoms with Gasteiger partial charge in [-0.2, -0.15) is 0 Å². The molecule has 4 aromatic carbocycles. The lowest BCUT2D eigenvalue weighted by Gasteiger charge is -2.25. The zero-order valence-corrected chi connectivity index (χ0v) is 34.1. The molecule has 0 fully saturated rings. The van der Waals surface area contributed by atoms with Crippen molar-refractivity contribution in [3.63, 3.8) is 0 Å². The predicted octanol–water partition coefficient (Wildman–Crippen LogP) is 8.98. The topological polar surface area (TPSA) is 77.1 Å². The number of hydrogen-bond acceptors (Lipinski definition) is 12. The quantitative estimate of drug-likeness (QED) is 0.0564. The van der Waals surface area contributed by atoms with Gasteiger partial charge in [0.2, 0.25) is 0 Å². The first-order chi connectivity index (χ1) is 24.6. The Morgan fingerprint density at radius 3 is 2.06 bits per heavy atom. The largest absolute Gasteiger partial charge is 0.497 e. The SMILES string of the molecule is COc1cccc(CCc2ccccc2OC[C@@H](CN(C)C)OCOP(=S)(Cc2ccc(Sc3ccc(OP(=S)(OC)OC)cc3)cc2)OC)c1. The van der Waals surface area contributed by atoms with Crippen LogP contribution in [0.2, 0.25) is 0 Å². The Morgan fingerprint density at radius 1 is 0.725 bits per heavy atom. The van der Waals surface area contributed by atoms with Crippen molar-refractivity contribution in [2.75, 3.05) is 62.5 Å². The van der Waals surface area contributed by atoms with E-state index < -0.39 is 13.2 Å². The van der Waals surface area contributed by atoms with Crippen LogP contribution in [0.15, 0.2) is 107 Å². The van der Waals surface area contributed by atoms with Gasteiger partial charge in [0.15, 0.2) is 13.3 Å². The number of likely N-dealkylation sites (N-methyl/N-ethyl adjacent to an activating group) is 1. The maximum absolute atomic E-state index is 6.32. The van der Waals surface area contributed by atoms with Crippen LogP contribution in [0.5, 0.6) is 17.2 Å². The summed E-state index contributed by atoms with van der Waals surface area (Å²) in [6.45, 7) is -4.42. The van der Waals surface area contributed by atoms with Gasteiger partial charge >= 0.3 is 6.72 Å². The predicted molar refractivity (Wildman–Crippen MR) is 213 cm³/mol. The van der Waals surface area contributed by atoms with Crippen LogP contribution in [0.4, 0.5) is 0 Å². The van der Waals surface area contributed by atoms with E-state index in [2.05, 4.69) is 35.2 Å². The molecule has 0 radical (unpaired) electrons. The number of rotatable bonds is 22. The summed E-state index contributed by atoms with van der Waals surface area (Å²) in [5.74, 6) is 2.30. The van der Waals surface area contributed by atoms with Gasteiger partial charge in [-0.1, -0.05) is 54.2 Å². The monoisotopic (exact) mass is 791 g/mol. The second-order valence-corrected chi connectivity index (χ2v) is 19.8. The van der Waals surface area contributed by atoms with Crippen molar-refractivity contribution in [2.24, 2.45) is 0 Å². The van der Waals surface area contributed by atoms with Crippen LogP contribution >= 0.6 is 25.0 Å². The molecule has 0 heterocycles. The molecule has 14 heteroatoms. The Kier molecular flexibility index (Phi) is 16.9. The molecule has 0 N–H and O–H groups in total. The molecule has 9 nitrogen and oxygen atoms in total. The molecule has 4 rings (SSSR count). The zero-order valence-electron chi connectivity index (χ0n) is 29.9. The third kappa shape index (κ3) is 13.9. The van der Waals surface area contributed by atoms with E-state index in [4.69, 9.17) is 60.4 Å². The lowest BCUT2D eigenvalue weighted by Crippen LogP contribution is -2.34. The molecule has 0 aliphatic rings. The third-order valence-electron chi connectivity index (χ3n) is 7.64. The van der Waals surface area contributed by atoms with Gasteiger partial charge in [0, 0.05) is 55.6 Å². The number of benzene rings is 4. The molecule has 1 unspecified atom stereocenters. The molecular weight excluding hydrogens is 745 g/mol. The fraction of sp³-hybridized carbons (Fsp3) is 0.351. The van der Waals surface area contributed by atoms with Gasteiger partial charge < -0.3 is 41.7 Å². The van der Waals surface area contributed by atoms with Gasteiger partial charge in [0.25, 0.3) is 0 Å². The van der Waals surface area contributed by atoms with Crippen molar-refractivity contribution in [3.05, 3.63) is 114 Å². The molecule has 51 heavy (non-hydrogen) atoms. The molecule has 276 valence electrons. The van der Waals surface area contributed by atoms with E-state index in [1.54, 1.807) is 26.0 Å². The summed E-state index contributed by atoms with van der Waals surface area (Å²) in [6, 6.07) is 32.1. The fourth-order valence-electron chi connectivity index (χ4n) is 4.94. The normalized spacial score (nSPS) is 13.5. The highest BCUT2D eigenvalue weighted by molar-refractivity contribution is 8.09. The van der Waals surface area contributed by atoms with Gasteiger partial charge in [0.1, 0.15) is 30.0 Å². The maximum atomic E-state index is 6.32. The van der Waals surface area contributed by atoms with E-state index in [0.717, 1.165) is 45.3 Å². The Labute approximate surface area is 317 Å². The van der Waals surface area contributed by atoms with E-state index in [0.29, 0.717) is 25.1 Å². The number of nitrogens with zero attached hydrogens (tertiary/aromatic N) is 1. The van der Waals surface area contributed by atoms with E-state index in [1.165, 1.54) is 19.8 Å². The Morgan fingerprint density at radius 2 is 1.41 bits per heavy atom. The molecule has 0 spiro atoms. The summed E-state index contributed by atoms with van der Waals surface area (Å²) < 4.78 is 45.9. The minimum atomic E-state index is -2.78. The highest BCUT2D eigenvalue weighted by Crippen LogP contribution is 2.51. The fourth-order valence-corrected chi connectivity index (χ4v) is 8.48. The Balaban J connectivity index is 1.28. The van der Waals surface area contributed by atoms with Crippen LogP contribution in [0.1, 0.15) is 16.7 Å². The molecule has 0 saturated carbocycles. The number of aryl methyl sites for hydroxylation is 2. The first-order valence-corrected chi connectivity index (χ1v) is 22.4. The van der Waals surface area contributed by atoms with Crippen LogP contribution in [-0.2, 0) is 65.4 Å². The minimum Gasteiger partial charge on any atom is -0.497 e.